The van der Waals surface area contributed by atoms with Crippen LogP contribution in [0.25, 0.3) is 5.65 Å². The fraction of sp³-hybridized carbons (Fsp3) is 0.588. The fourth-order valence-electron chi connectivity index (χ4n) is 2.09. The molecule has 0 fully saturated rings. The van der Waals surface area contributed by atoms with Crippen molar-refractivity contribution >= 4 is 11.6 Å². The van der Waals surface area contributed by atoms with Gasteiger partial charge in [-0.25, -0.2) is 9.50 Å². The zero-order valence-corrected chi connectivity index (χ0v) is 14.6. The van der Waals surface area contributed by atoms with Crippen LogP contribution in [0.15, 0.2) is 12.3 Å². The third-order valence-corrected chi connectivity index (χ3v) is 4.10. The summed E-state index contributed by atoms with van der Waals surface area (Å²) in [5.74, 6) is 0.291. The van der Waals surface area contributed by atoms with E-state index in [1.54, 1.807) is 10.7 Å². The van der Waals surface area contributed by atoms with Crippen molar-refractivity contribution in [2.45, 2.75) is 59.9 Å². The second-order valence-corrected chi connectivity index (χ2v) is 7.31. The third kappa shape index (κ3) is 3.13. The second kappa shape index (κ2) is 5.71. The molecule has 0 saturated heterocycles. The average molecular weight is 302 g/mol. The van der Waals surface area contributed by atoms with Crippen molar-refractivity contribution in [3.05, 3.63) is 29.2 Å². The summed E-state index contributed by atoms with van der Waals surface area (Å²) in [7, 11) is 0. The second-order valence-electron chi connectivity index (χ2n) is 7.31. The molecule has 1 unspecified atom stereocenters. The van der Waals surface area contributed by atoms with Crippen molar-refractivity contribution in [2.24, 2.45) is 5.92 Å². The van der Waals surface area contributed by atoms with E-state index in [0.717, 1.165) is 17.0 Å². The Hall–Kier alpha value is -1.91. The minimum atomic E-state index is -0.0964. The first-order chi connectivity index (χ1) is 10.1. The number of aryl methyl sites for hydroxylation is 1. The molecule has 0 radical (unpaired) electrons. The highest BCUT2D eigenvalue weighted by molar-refractivity contribution is 5.95. The molecule has 0 aliphatic carbocycles. The number of rotatable bonds is 3. The van der Waals surface area contributed by atoms with Crippen LogP contribution in [0.1, 0.15) is 63.3 Å². The van der Waals surface area contributed by atoms with Gasteiger partial charge in [0.2, 0.25) is 0 Å². The van der Waals surface area contributed by atoms with Gasteiger partial charge in [0.15, 0.2) is 5.65 Å². The van der Waals surface area contributed by atoms with E-state index in [2.05, 4.69) is 50.0 Å². The lowest BCUT2D eigenvalue weighted by molar-refractivity contribution is 0.0929. The number of fused-ring (bicyclic) bond motifs is 1. The molecular formula is C17H26N4O. The van der Waals surface area contributed by atoms with Crippen LogP contribution in [0, 0.1) is 12.8 Å². The van der Waals surface area contributed by atoms with Gasteiger partial charge in [0.1, 0.15) is 0 Å². The highest BCUT2D eigenvalue weighted by Crippen LogP contribution is 2.22. The van der Waals surface area contributed by atoms with Crippen molar-refractivity contribution in [1.82, 2.24) is 19.9 Å². The molecule has 0 saturated carbocycles. The van der Waals surface area contributed by atoms with Gasteiger partial charge in [-0.2, -0.15) is 5.10 Å². The molecule has 1 atom stereocenters. The molecule has 5 heteroatoms. The first-order valence-electron chi connectivity index (χ1n) is 7.78. The third-order valence-electron chi connectivity index (χ3n) is 4.10. The number of carbonyl (C=O) groups excluding carboxylic acids is 1. The molecule has 1 amide bonds. The molecule has 1 N–H and O–H groups in total. The lowest BCUT2D eigenvalue weighted by Gasteiger charge is -2.18. The van der Waals surface area contributed by atoms with E-state index in [4.69, 9.17) is 0 Å². The maximum Gasteiger partial charge on any atom is 0.254 e. The van der Waals surface area contributed by atoms with Gasteiger partial charge in [-0.05, 0) is 19.8 Å². The molecule has 0 aromatic carbocycles. The van der Waals surface area contributed by atoms with E-state index >= 15 is 0 Å². The van der Waals surface area contributed by atoms with Crippen molar-refractivity contribution < 1.29 is 4.79 Å². The molecule has 2 heterocycles. The Morgan fingerprint density at radius 1 is 1.27 bits per heavy atom. The zero-order valence-electron chi connectivity index (χ0n) is 14.6. The summed E-state index contributed by atoms with van der Waals surface area (Å²) in [5.41, 5.74) is 3.08. The molecular weight excluding hydrogens is 276 g/mol. The standard InChI is InChI=1S/C17H26N4O/c1-10(2)11(3)19-16(22)13-9-18-15-8-14(17(5,6)7)20-21(15)12(13)4/h8-11H,1-7H3,(H,19,22). The topological polar surface area (TPSA) is 59.3 Å². The summed E-state index contributed by atoms with van der Waals surface area (Å²) >= 11 is 0. The Balaban J connectivity index is 2.40. The van der Waals surface area contributed by atoms with Gasteiger partial charge in [-0.1, -0.05) is 34.6 Å². The molecule has 120 valence electrons. The molecule has 22 heavy (non-hydrogen) atoms. The van der Waals surface area contributed by atoms with Crippen LogP contribution in [0.5, 0.6) is 0 Å². The van der Waals surface area contributed by atoms with Crippen LogP contribution in [-0.2, 0) is 5.41 Å². The summed E-state index contributed by atoms with van der Waals surface area (Å²) in [6.07, 6.45) is 1.64. The van der Waals surface area contributed by atoms with Crippen LogP contribution in [0.3, 0.4) is 0 Å². The molecule has 5 nitrogen and oxygen atoms in total. The maximum atomic E-state index is 12.4. The number of hydrogen-bond donors (Lipinski definition) is 1. The number of hydrogen-bond acceptors (Lipinski definition) is 3. The van der Waals surface area contributed by atoms with Crippen molar-refractivity contribution in [3.63, 3.8) is 0 Å². The molecule has 2 aromatic rings. The summed E-state index contributed by atoms with van der Waals surface area (Å²) in [6, 6.07) is 2.09. The van der Waals surface area contributed by atoms with Crippen molar-refractivity contribution in [1.29, 1.82) is 0 Å². The SMILES string of the molecule is Cc1c(C(=O)NC(C)C(C)C)cnc2cc(C(C)(C)C)nn12. The minimum Gasteiger partial charge on any atom is -0.349 e. The van der Waals surface area contributed by atoms with E-state index in [1.807, 2.05) is 19.9 Å². The van der Waals surface area contributed by atoms with Crippen LogP contribution < -0.4 is 5.32 Å². The average Bonchev–Trinajstić information content (AvgIpc) is 2.83. The lowest BCUT2D eigenvalue weighted by Crippen LogP contribution is -2.36. The molecule has 2 aromatic heterocycles. The smallest absolute Gasteiger partial charge is 0.254 e. The first kappa shape index (κ1) is 16.5. The van der Waals surface area contributed by atoms with Crippen molar-refractivity contribution in [3.8, 4) is 0 Å². The number of aromatic nitrogens is 3. The van der Waals surface area contributed by atoms with Gasteiger partial charge in [-0.15, -0.1) is 0 Å². The number of carbonyl (C=O) groups is 1. The van der Waals surface area contributed by atoms with Gasteiger partial charge in [0, 0.05) is 23.7 Å². The van der Waals surface area contributed by atoms with E-state index < -0.39 is 0 Å². The van der Waals surface area contributed by atoms with E-state index in [-0.39, 0.29) is 17.4 Å². The predicted molar refractivity (Wildman–Crippen MR) is 88.2 cm³/mol. The normalized spacial score (nSPS) is 13.6. The van der Waals surface area contributed by atoms with Gasteiger partial charge in [0.25, 0.3) is 5.91 Å². The molecule has 0 aliphatic rings. The summed E-state index contributed by atoms with van der Waals surface area (Å²) in [5, 5.41) is 7.63. The van der Waals surface area contributed by atoms with Gasteiger partial charge >= 0.3 is 0 Å². The summed E-state index contributed by atoms with van der Waals surface area (Å²) in [6.45, 7) is 14.4. The summed E-state index contributed by atoms with van der Waals surface area (Å²) in [4.78, 5) is 16.8. The number of nitrogens with one attached hydrogen (secondary N) is 1. The van der Waals surface area contributed by atoms with Crippen LogP contribution >= 0.6 is 0 Å². The Morgan fingerprint density at radius 2 is 1.91 bits per heavy atom. The van der Waals surface area contributed by atoms with Gasteiger partial charge in [-0.3, -0.25) is 4.79 Å². The Morgan fingerprint density at radius 3 is 2.45 bits per heavy atom. The van der Waals surface area contributed by atoms with Crippen molar-refractivity contribution in [2.75, 3.05) is 0 Å². The Labute approximate surface area is 132 Å². The molecule has 0 bridgehead atoms. The molecule has 0 spiro atoms. The quantitative estimate of drug-likeness (QED) is 0.947. The Kier molecular flexibility index (Phi) is 4.27. The zero-order chi connectivity index (χ0) is 16.7. The highest BCUT2D eigenvalue weighted by atomic mass is 16.1. The van der Waals surface area contributed by atoms with Crippen LogP contribution in [0.4, 0.5) is 0 Å². The number of amides is 1. The molecule has 0 aliphatic heterocycles. The van der Waals surface area contributed by atoms with E-state index in [1.165, 1.54) is 0 Å². The number of nitrogens with zero attached hydrogens (tertiary/aromatic N) is 3. The monoisotopic (exact) mass is 302 g/mol. The van der Waals surface area contributed by atoms with E-state index in [0.29, 0.717) is 11.5 Å². The highest BCUT2D eigenvalue weighted by Gasteiger charge is 2.21. The predicted octanol–water partition coefficient (Wildman–Crippen LogP) is 3.11. The Bertz CT molecular complexity index is 694. The maximum absolute atomic E-state index is 12.4. The minimum absolute atomic E-state index is 0.0469. The largest absolute Gasteiger partial charge is 0.349 e. The first-order valence-corrected chi connectivity index (χ1v) is 7.78. The van der Waals surface area contributed by atoms with Gasteiger partial charge in [0.05, 0.1) is 17.0 Å². The van der Waals surface area contributed by atoms with Crippen LogP contribution in [0.2, 0.25) is 0 Å². The van der Waals surface area contributed by atoms with Gasteiger partial charge < -0.3 is 5.32 Å². The summed E-state index contributed by atoms with van der Waals surface area (Å²) < 4.78 is 1.76. The fourth-order valence-corrected chi connectivity index (χ4v) is 2.09. The lowest BCUT2D eigenvalue weighted by atomic mass is 9.93. The van der Waals surface area contributed by atoms with E-state index in [9.17, 15) is 4.79 Å². The molecule has 2 rings (SSSR count). The van der Waals surface area contributed by atoms with Crippen LogP contribution in [-0.4, -0.2) is 26.5 Å².